The number of nitrogens with one attached hydrogen (secondary N) is 1. The molecule has 3 atom stereocenters. The third-order valence-electron chi connectivity index (χ3n) is 4.30. The summed E-state index contributed by atoms with van der Waals surface area (Å²) in [7, 11) is 0. The van der Waals surface area contributed by atoms with Crippen LogP contribution in [0.25, 0.3) is 0 Å². The minimum Gasteiger partial charge on any atom is -0.467 e. The van der Waals surface area contributed by atoms with E-state index in [1.807, 2.05) is 12.1 Å². The van der Waals surface area contributed by atoms with Gasteiger partial charge < -0.3 is 14.8 Å². The minimum absolute atomic E-state index is 0.530. The van der Waals surface area contributed by atoms with Crippen LogP contribution in [0.3, 0.4) is 0 Å². The van der Waals surface area contributed by atoms with Crippen LogP contribution in [0, 0.1) is 0 Å². The molecular formula is C14H22N2O2. The molecular weight excluding hydrogens is 228 g/mol. The molecule has 100 valence electrons. The van der Waals surface area contributed by atoms with E-state index in [1.165, 1.54) is 38.8 Å². The summed E-state index contributed by atoms with van der Waals surface area (Å²) in [6.45, 7) is 3.05. The highest BCUT2D eigenvalue weighted by atomic mass is 16.4. The monoisotopic (exact) mass is 250 g/mol. The Labute approximate surface area is 108 Å². The van der Waals surface area contributed by atoms with Crippen LogP contribution < -0.4 is 5.32 Å². The molecule has 0 spiro atoms. The summed E-state index contributed by atoms with van der Waals surface area (Å²) >= 11 is 0. The van der Waals surface area contributed by atoms with Crippen molar-refractivity contribution in [2.75, 3.05) is 19.6 Å². The van der Waals surface area contributed by atoms with Crippen molar-refractivity contribution >= 4 is 0 Å². The Hall–Kier alpha value is -0.840. The number of hydrogen-bond donors (Lipinski definition) is 2. The molecule has 4 heteroatoms. The van der Waals surface area contributed by atoms with Crippen LogP contribution in [-0.2, 0) is 0 Å². The van der Waals surface area contributed by atoms with E-state index in [4.69, 9.17) is 4.42 Å². The van der Waals surface area contributed by atoms with Crippen LogP contribution in [-0.4, -0.2) is 41.7 Å². The zero-order valence-electron chi connectivity index (χ0n) is 10.7. The molecule has 0 amide bonds. The first-order valence-corrected chi connectivity index (χ1v) is 7.03. The maximum Gasteiger partial charge on any atom is 0.133 e. The Morgan fingerprint density at radius 1 is 1.39 bits per heavy atom. The second-order valence-corrected chi connectivity index (χ2v) is 5.43. The van der Waals surface area contributed by atoms with Gasteiger partial charge in [0.05, 0.1) is 6.26 Å². The van der Waals surface area contributed by atoms with E-state index in [9.17, 15) is 5.11 Å². The number of nitrogens with zero attached hydrogens (tertiary/aromatic N) is 1. The minimum atomic E-state index is -0.530. The fourth-order valence-electron chi connectivity index (χ4n) is 3.33. The third-order valence-corrected chi connectivity index (χ3v) is 4.30. The van der Waals surface area contributed by atoms with Gasteiger partial charge in [0.15, 0.2) is 0 Å². The molecule has 3 heterocycles. The van der Waals surface area contributed by atoms with Crippen LogP contribution in [0.5, 0.6) is 0 Å². The smallest absolute Gasteiger partial charge is 0.133 e. The van der Waals surface area contributed by atoms with Gasteiger partial charge in [-0.1, -0.05) is 6.42 Å². The summed E-state index contributed by atoms with van der Waals surface area (Å²) in [5.74, 6) is 0.654. The first-order chi connectivity index (χ1) is 8.84. The molecule has 2 aliphatic heterocycles. The van der Waals surface area contributed by atoms with Gasteiger partial charge in [0.25, 0.3) is 0 Å². The normalized spacial score (nSPS) is 30.3. The molecule has 3 rings (SSSR count). The van der Waals surface area contributed by atoms with Crippen molar-refractivity contribution < 1.29 is 9.52 Å². The predicted octanol–water partition coefficient (Wildman–Crippen LogP) is 1.53. The van der Waals surface area contributed by atoms with Crippen LogP contribution in [0.1, 0.15) is 37.5 Å². The molecule has 1 aromatic rings. The van der Waals surface area contributed by atoms with Gasteiger partial charge in [-0.3, -0.25) is 4.90 Å². The van der Waals surface area contributed by atoms with E-state index in [-0.39, 0.29) is 0 Å². The van der Waals surface area contributed by atoms with E-state index in [2.05, 4.69) is 10.2 Å². The number of rotatable bonds is 4. The lowest BCUT2D eigenvalue weighted by atomic mass is 9.99. The number of aliphatic hydroxyl groups is 1. The van der Waals surface area contributed by atoms with Crippen molar-refractivity contribution in [2.45, 2.75) is 43.9 Å². The van der Waals surface area contributed by atoms with Crippen LogP contribution in [0.4, 0.5) is 0 Å². The number of piperidine rings is 1. The number of hydrogen-bond acceptors (Lipinski definition) is 4. The highest BCUT2D eigenvalue weighted by Gasteiger charge is 2.35. The highest BCUT2D eigenvalue weighted by molar-refractivity contribution is 5.03. The van der Waals surface area contributed by atoms with Gasteiger partial charge in [-0.05, 0) is 37.9 Å². The number of aliphatic hydroxyl groups excluding tert-OH is 1. The standard InChI is InChI=1S/C14H22N2O2/c17-13(14-5-3-9-18-14)10-15-11-6-8-16-7-2-1-4-12(11)16/h3,5,9,11-13,15,17H,1-2,4,6-8,10H2. The summed E-state index contributed by atoms with van der Waals surface area (Å²) in [5.41, 5.74) is 0. The molecule has 2 N–H and O–H groups in total. The quantitative estimate of drug-likeness (QED) is 0.851. The van der Waals surface area contributed by atoms with Gasteiger partial charge in [-0.2, -0.15) is 0 Å². The van der Waals surface area contributed by atoms with Crippen molar-refractivity contribution in [1.29, 1.82) is 0 Å². The molecule has 18 heavy (non-hydrogen) atoms. The fourth-order valence-corrected chi connectivity index (χ4v) is 3.33. The van der Waals surface area contributed by atoms with Crippen molar-refractivity contribution in [2.24, 2.45) is 0 Å². The van der Waals surface area contributed by atoms with Crippen molar-refractivity contribution in [3.63, 3.8) is 0 Å². The average Bonchev–Trinajstić information content (AvgIpc) is 3.06. The Balaban J connectivity index is 1.51. The van der Waals surface area contributed by atoms with Gasteiger partial charge in [0.2, 0.25) is 0 Å². The average molecular weight is 250 g/mol. The molecule has 0 saturated carbocycles. The number of furan rings is 1. The molecule has 0 radical (unpaired) electrons. The van der Waals surface area contributed by atoms with E-state index in [0.29, 0.717) is 24.4 Å². The largest absolute Gasteiger partial charge is 0.467 e. The van der Waals surface area contributed by atoms with Crippen molar-refractivity contribution in [3.8, 4) is 0 Å². The summed E-state index contributed by atoms with van der Waals surface area (Å²) in [5, 5.41) is 13.5. The van der Waals surface area contributed by atoms with Gasteiger partial charge in [0, 0.05) is 25.2 Å². The molecule has 0 bridgehead atoms. The van der Waals surface area contributed by atoms with Gasteiger partial charge in [0.1, 0.15) is 11.9 Å². The Kier molecular flexibility index (Phi) is 3.68. The van der Waals surface area contributed by atoms with Gasteiger partial charge in [-0.25, -0.2) is 0 Å². The molecule has 0 aliphatic carbocycles. The predicted molar refractivity (Wildman–Crippen MR) is 69.3 cm³/mol. The first-order valence-electron chi connectivity index (χ1n) is 7.03. The van der Waals surface area contributed by atoms with E-state index >= 15 is 0 Å². The molecule has 2 fully saturated rings. The molecule has 4 nitrogen and oxygen atoms in total. The second-order valence-electron chi connectivity index (χ2n) is 5.43. The second kappa shape index (κ2) is 5.43. The molecule has 1 aromatic heterocycles. The summed E-state index contributed by atoms with van der Waals surface area (Å²) in [6, 6.07) is 4.86. The zero-order valence-corrected chi connectivity index (χ0v) is 10.7. The van der Waals surface area contributed by atoms with Crippen LogP contribution in [0.15, 0.2) is 22.8 Å². The summed E-state index contributed by atoms with van der Waals surface area (Å²) in [6.07, 6.45) is 6.27. The van der Waals surface area contributed by atoms with Crippen molar-refractivity contribution in [1.82, 2.24) is 10.2 Å². The Morgan fingerprint density at radius 2 is 2.33 bits per heavy atom. The topological polar surface area (TPSA) is 48.6 Å². The van der Waals surface area contributed by atoms with Crippen LogP contribution >= 0.6 is 0 Å². The lowest BCUT2D eigenvalue weighted by molar-refractivity contribution is 0.133. The Bertz CT molecular complexity index is 366. The molecule has 3 unspecified atom stereocenters. The molecule has 0 aromatic carbocycles. The lowest BCUT2D eigenvalue weighted by Gasteiger charge is -2.32. The van der Waals surface area contributed by atoms with E-state index in [0.717, 1.165) is 0 Å². The first kappa shape index (κ1) is 12.2. The Morgan fingerprint density at radius 3 is 3.17 bits per heavy atom. The lowest BCUT2D eigenvalue weighted by Crippen LogP contribution is -2.45. The maximum atomic E-state index is 10.00. The van der Waals surface area contributed by atoms with E-state index in [1.54, 1.807) is 6.26 Å². The van der Waals surface area contributed by atoms with E-state index < -0.39 is 6.10 Å². The summed E-state index contributed by atoms with van der Waals surface area (Å²) in [4.78, 5) is 2.60. The number of fused-ring (bicyclic) bond motifs is 1. The maximum absolute atomic E-state index is 10.00. The fraction of sp³-hybridized carbons (Fsp3) is 0.714. The van der Waals surface area contributed by atoms with Crippen molar-refractivity contribution in [3.05, 3.63) is 24.2 Å². The van der Waals surface area contributed by atoms with Crippen LogP contribution in [0.2, 0.25) is 0 Å². The van der Waals surface area contributed by atoms with Gasteiger partial charge >= 0.3 is 0 Å². The summed E-state index contributed by atoms with van der Waals surface area (Å²) < 4.78 is 5.22. The zero-order chi connectivity index (χ0) is 12.4. The highest BCUT2D eigenvalue weighted by Crippen LogP contribution is 2.27. The third kappa shape index (κ3) is 2.46. The SMILES string of the molecule is OC(CNC1CCN2CCCCC12)c1ccco1. The molecule has 2 saturated heterocycles. The molecule has 2 aliphatic rings. The van der Waals surface area contributed by atoms with Gasteiger partial charge in [-0.15, -0.1) is 0 Å².